The molecule has 3 atom stereocenters. The number of aromatic nitrogens is 2. The SMILES string of the molecule is Cc1cc(NC(=O)Cc2ccccc2)n(C2NC(=O)C3CNN(c4ccc(F)cc4)C3N2)n1. The summed E-state index contributed by atoms with van der Waals surface area (Å²) in [5, 5.41) is 15.5. The van der Waals surface area contributed by atoms with Gasteiger partial charge < -0.3 is 10.6 Å². The second-order valence-corrected chi connectivity index (χ2v) is 8.16. The van der Waals surface area contributed by atoms with Gasteiger partial charge in [0, 0.05) is 12.6 Å². The Hall–Kier alpha value is -3.76. The molecular weight excluding hydrogens is 425 g/mol. The second kappa shape index (κ2) is 8.64. The molecule has 170 valence electrons. The molecule has 10 heteroatoms. The van der Waals surface area contributed by atoms with E-state index in [1.807, 2.05) is 42.3 Å². The number of hydrogen-bond acceptors (Lipinski definition) is 6. The predicted molar refractivity (Wildman–Crippen MR) is 120 cm³/mol. The lowest BCUT2D eigenvalue weighted by Gasteiger charge is -2.37. The number of nitrogens with zero attached hydrogens (tertiary/aromatic N) is 3. The Morgan fingerprint density at radius 3 is 2.70 bits per heavy atom. The molecule has 2 fully saturated rings. The molecule has 1 aromatic heterocycles. The highest BCUT2D eigenvalue weighted by molar-refractivity contribution is 5.91. The first-order valence-electron chi connectivity index (χ1n) is 10.7. The molecule has 0 bridgehead atoms. The number of rotatable bonds is 5. The highest BCUT2D eigenvalue weighted by atomic mass is 19.1. The average molecular weight is 449 g/mol. The fourth-order valence-corrected chi connectivity index (χ4v) is 4.22. The van der Waals surface area contributed by atoms with E-state index in [-0.39, 0.29) is 36.1 Å². The quantitative estimate of drug-likeness (QED) is 0.473. The zero-order valence-corrected chi connectivity index (χ0v) is 18.0. The monoisotopic (exact) mass is 449 g/mol. The Labute approximate surface area is 189 Å². The van der Waals surface area contributed by atoms with Gasteiger partial charge in [-0.3, -0.25) is 19.9 Å². The van der Waals surface area contributed by atoms with Gasteiger partial charge in [0.25, 0.3) is 0 Å². The Kier molecular flexibility index (Phi) is 5.53. The van der Waals surface area contributed by atoms with E-state index in [0.29, 0.717) is 18.1 Å². The molecule has 2 aliphatic heterocycles. The molecule has 2 aliphatic rings. The molecule has 0 spiro atoms. The van der Waals surface area contributed by atoms with Gasteiger partial charge in [-0.1, -0.05) is 30.3 Å². The van der Waals surface area contributed by atoms with Crippen LogP contribution in [0.25, 0.3) is 0 Å². The molecule has 2 saturated heterocycles. The standard InChI is InChI=1S/C23H24FN7O2/c1-14-11-19(26-20(32)12-15-5-3-2-4-6-15)31(29-14)23-27-21-18(22(33)28-23)13-25-30(21)17-9-7-16(24)8-10-17/h2-11,18,21,23,25,27H,12-13H2,1H3,(H,26,32)(H,28,33). The van der Waals surface area contributed by atoms with E-state index in [1.54, 1.807) is 22.9 Å². The molecule has 3 aromatic rings. The Bertz CT molecular complexity index is 1170. The summed E-state index contributed by atoms with van der Waals surface area (Å²) in [4.78, 5) is 25.5. The number of benzene rings is 2. The molecule has 33 heavy (non-hydrogen) atoms. The lowest BCUT2D eigenvalue weighted by Crippen LogP contribution is -2.61. The predicted octanol–water partition coefficient (Wildman–Crippen LogP) is 1.65. The van der Waals surface area contributed by atoms with Gasteiger partial charge in [-0.15, -0.1) is 0 Å². The van der Waals surface area contributed by atoms with Crippen molar-refractivity contribution < 1.29 is 14.0 Å². The zero-order chi connectivity index (χ0) is 22.9. The van der Waals surface area contributed by atoms with Crippen LogP contribution in [-0.2, 0) is 16.0 Å². The van der Waals surface area contributed by atoms with Gasteiger partial charge in [0.2, 0.25) is 11.8 Å². The molecule has 0 saturated carbocycles. The molecular formula is C23H24FN7O2. The summed E-state index contributed by atoms with van der Waals surface area (Å²) in [5.74, 6) is -0.527. The third-order valence-corrected chi connectivity index (χ3v) is 5.77. The molecule has 0 aliphatic carbocycles. The summed E-state index contributed by atoms with van der Waals surface area (Å²) < 4.78 is 14.9. The third-order valence-electron chi connectivity index (χ3n) is 5.77. The van der Waals surface area contributed by atoms with E-state index < -0.39 is 6.29 Å². The van der Waals surface area contributed by atoms with Gasteiger partial charge in [0.05, 0.1) is 23.7 Å². The van der Waals surface area contributed by atoms with Crippen LogP contribution in [0.15, 0.2) is 60.7 Å². The summed E-state index contributed by atoms with van der Waals surface area (Å²) in [6, 6.07) is 17.3. The molecule has 3 unspecified atom stereocenters. The number of amides is 2. The maximum atomic E-state index is 13.4. The zero-order valence-electron chi connectivity index (χ0n) is 18.0. The van der Waals surface area contributed by atoms with Crippen molar-refractivity contribution in [2.75, 3.05) is 16.9 Å². The van der Waals surface area contributed by atoms with Crippen LogP contribution in [0.2, 0.25) is 0 Å². The molecule has 2 amide bonds. The number of hydrazine groups is 1. The van der Waals surface area contributed by atoms with Crippen molar-refractivity contribution in [2.45, 2.75) is 25.8 Å². The molecule has 0 radical (unpaired) electrons. The van der Waals surface area contributed by atoms with Crippen molar-refractivity contribution in [1.29, 1.82) is 0 Å². The van der Waals surface area contributed by atoms with Gasteiger partial charge in [0.1, 0.15) is 17.8 Å². The summed E-state index contributed by atoms with van der Waals surface area (Å²) in [7, 11) is 0. The van der Waals surface area contributed by atoms with Crippen LogP contribution >= 0.6 is 0 Å². The van der Waals surface area contributed by atoms with Crippen molar-refractivity contribution in [3.05, 3.63) is 77.7 Å². The van der Waals surface area contributed by atoms with E-state index in [1.165, 1.54) is 12.1 Å². The minimum absolute atomic E-state index is 0.143. The second-order valence-electron chi connectivity index (χ2n) is 8.16. The molecule has 3 heterocycles. The molecule has 4 N–H and O–H groups in total. The van der Waals surface area contributed by atoms with Crippen molar-refractivity contribution >= 4 is 23.3 Å². The topological polar surface area (TPSA) is 103 Å². The number of anilines is 2. The summed E-state index contributed by atoms with van der Waals surface area (Å²) in [6.07, 6.45) is -0.837. The first-order chi connectivity index (χ1) is 16.0. The van der Waals surface area contributed by atoms with Crippen LogP contribution in [0, 0.1) is 18.7 Å². The van der Waals surface area contributed by atoms with Crippen LogP contribution in [-0.4, -0.2) is 34.3 Å². The van der Waals surface area contributed by atoms with Gasteiger partial charge in [0.15, 0.2) is 6.29 Å². The smallest absolute Gasteiger partial charge is 0.230 e. The van der Waals surface area contributed by atoms with Crippen LogP contribution < -0.4 is 26.4 Å². The van der Waals surface area contributed by atoms with Crippen molar-refractivity contribution in [1.82, 2.24) is 25.8 Å². The maximum Gasteiger partial charge on any atom is 0.230 e. The first kappa shape index (κ1) is 21.1. The van der Waals surface area contributed by atoms with Crippen molar-refractivity contribution in [3.63, 3.8) is 0 Å². The Balaban J connectivity index is 1.35. The minimum atomic E-state index is -0.678. The maximum absolute atomic E-state index is 13.4. The summed E-state index contributed by atoms with van der Waals surface area (Å²) >= 11 is 0. The van der Waals surface area contributed by atoms with Gasteiger partial charge >= 0.3 is 0 Å². The van der Waals surface area contributed by atoms with E-state index in [2.05, 4.69) is 26.5 Å². The summed E-state index contributed by atoms with van der Waals surface area (Å²) in [6.45, 7) is 2.26. The van der Waals surface area contributed by atoms with Crippen LogP contribution in [0.4, 0.5) is 15.9 Å². The Morgan fingerprint density at radius 1 is 1.18 bits per heavy atom. The van der Waals surface area contributed by atoms with E-state index in [4.69, 9.17) is 0 Å². The number of nitrogens with one attached hydrogen (secondary N) is 4. The van der Waals surface area contributed by atoms with Gasteiger partial charge in [-0.05, 0) is 36.8 Å². The normalized spacial score (nSPS) is 22.1. The first-order valence-corrected chi connectivity index (χ1v) is 10.7. The van der Waals surface area contributed by atoms with Crippen LogP contribution in [0.3, 0.4) is 0 Å². The lowest BCUT2D eigenvalue weighted by molar-refractivity contribution is -0.129. The van der Waals surface area contributed by atoms with Crippen molar-refractivity contribution in [2.24, 2.45) is 5.92 Å². The third kappa shape index (κ3) is 4.30. The summed E-state index contributed by atoms with van der Waals surface area (Å²) in [5.41, 5.74) is 5.54. The average Bonchev–Trinajstić information content (AvgIpc) is 3.38. The fraction of sp³-hybridized carbons (Fsp3) is 0.261. The number of fused-ring (bicyclic) bond motifs is 1. The highest BCUT2D eigenvalue weighted by Gasteiger charge is 2.45. The number of carbonyl (C=O) groups is 2. The Morgan fingerprint density at radius 2 is 1.94 bits per heavy atom. The van der Waals surface area contributed by atoms with Crippen LogP contribution in [0.5, 0.6) is 0 Å². The molecule has 2 aromatic carbocycles. The molecule has 9 nitrogen and oxygen atoms in total. The minimum Gasteiger partial charge on any atom is -0.321 e. The van der Waals surface area contributed by atoms with E-state index in [0.717, 1.165) is 11.3 Å². The number of aryl methyl sites for hydroxylation is 1. The van der Waals surface area contributed by atoms with Crippen molar-refractivity contribution in [3.8, 4) is 0 Å². The van der Waals surface area contributed by atoms with Gasteiger partial charge in [-0.25, -0.2) is 14.5 Å². The molecule has 5 rings (SSSR count). The van der Waals surface area contributed by atoms with E-state index >= 15 is 0 Å². The van der Waals surface area contributed by atoms with Crippen LogP contribution in [0.1, 0.15) is 17.5 Å². The number of halogens is 1. The highest BCUT2D eigenvalue weighted by Crippen LogP contribution is 2.28. The fourth-order valence-electron chi connectivity index (χ4n) is 4.22. The number of hydrogen-bond donors (Lipinski definition) is 4. The number of carbonyl (C=O) groups excluding carboxylic acids is 2. The lowest BCUT2D eigenvalue weighted by atomic mass is 10.0. The van der Waals surface area contributed by atoms with E-state index in [9.17, 15) is 14.0 Å². The largest absolute Gasteiger partial charge is 0.321 e. The van der Waals surface area contributed by atoms with Gasteiger partial charge in [-0.2, -0.15) is 5.10 Å².